The molecule has 0 aliphatic carbocycles. The van der Waals surface area contributed by atoms with Crippen molar-refractivity contribution >= 4 is 21.6 Å². The van der Waals surface area contributed by atoms with Crippen LogP contribution in [-0.2, 0) is 16.6 Å². The second kappa shape index (κ2) is 7.99. The van der Waals surface area contributed by atoms with Gasteiger partial charge in [-0.05, 0) is 35.9 Å². The molecule has 1 N–H and O–H groups in total. The van der Waals surface area contributed by atoms with Gasteiger partial charge in [0.05, 0.1) is 9.92 Å². The fraction of sp³-hybridized carbons (Fsp3) is 0.0556. The molecular weight excluding hydrogens is 398 g/mol. The van der Waals surface area contributed by atoms with Crippen LogP contribution in [0, 0.1) is 11.6 Å². The molecular formula is C18H13ClF2N2O3S. The van der Waals surface area contributed by atoms with Gasteiger partial charge >= 0.3 is 0 Å². The number of benzene rings is 2. The number of hydrogen-bond acceptors (Lipinski definition) is 4. The van der Waals surface area contributed by atoms with Gasteiger partial charge in [0.2, 0.25) is 15.9 Å². The van der Waals surface area contributed by atoms with Crippen molar-refractivity contribution < 1.29 is 21.9 Å². The SMILES string of the molecule is O=S(=O)(NCc1ccc(Oc2cccc(F)c2)nc1)c1ccc(F)c(Cl)c1. The molecule has 0 unspecified atom stereocenters. The lowest BCUT2D eigenvalue weighted by molar-refractivity contribution is 0.457. The quantitative estimate of drug-likeness (QED) is 0.658. The van der Waals surface area contributed by atoms with Crippen LogP contribution in [0.3, 0.4) is 0 Å². The van der Waals surface area contributed by atoms with E-state index in [4.69, 9.17) is 16.3 Å². The molecule has 0 aliphatic heterocycles. The van der Waals surface area contributed by atoms with E-state index in [1.165, 1.54) is 30.5 Å². The highest BCUT2D eigenvalue weighted by Crippen LogP contribution is 2.21. The van der Waals surface area contributed by atoms with Crippen molar-refractivity contribution in [3.05, 3.63) is 83.0 Å². The Labute approximate surface area is 159 Å². The third-order valence-electron chi connectivity index (χ3n) is 3.48. The second-order valence-electron chi connectivity index (χ2n) is 5.46. The number of halogens is 3. The summed E-state index contributed by atoms with van der Waals surface area (Å²) in [5.74, 6) is -0.602. The molecule has 0 bridgehead atoms. The van der Waals surface area contributed by atoms with Crippen molar-refractivity contribution in [2.24, 2.45) is 0 Å². The Balaban J connectivity index is 1.65. The van der Waals surface area contributed by atoms with Crippen LogP contribution < -0.4 is 9.46 Å². The van der Waals surface area contributed by atoms with E-state index >= 15 is 0 Å². The first-order valence-electron chi connectivity index (χ1n) is 7.66. The van der Waals surface area contributed by atoms with E-state index in [0.29, 0.717) is 11.3 Å². The van der Waals surface area contributed by atoms with Gasteiger partial charge in [0.1, 0.15) is 17.4 Å². The van der Waals surface area contributed by atoms with Crippen LogP contribution in [0.1, 0.15) is 5.56 Å². The fourth-order valence-electron chi connectivity index (χ4n) is 2.13. The minimum Gasteiger partial charge on any atom is -0.439 e. The van der Waals surface area contributed by atoms with Crippen LogP contribution in [0.4, 0.5) is 8.78 Å². The molecule has 0 spiro atoms. The lowest BCUT2D eigenvalue weighted by atomic mass is 10.3. The summed E-state index contributed by atoms with van der Waals surface area (Å²) in [7, 11) is -3.86. The normalized spacial score (nSPS) is 11.4. The van der Waals surface area contributed by atoms with Gasteiger partial charge in [-0.1, -0.05) is 23.7 Å². The molecule has 0 amide bonds. The molecule has 0 fully saturated rings. The minimum atomic E-state index is -3.86. The van der Waals surface area contributed by atoms with Crippen LogP contribution in [0.15, 0.2) is 65.7 Å². The summed E-state index contributed by atoms with van der Waals surface area (Å²) in [6.07, 6.45) is 1.43. The molecule has 140 valence electrons. The molecule has 1 heterocycles. The van der Waals surface area contributed by atoms with Crippen molar-refractivity contribution in [3.8, 4) is 11.6 Å². The third-order valence-corrected chi connectivity index (χ3v) is 5.17. The molecule has 9 heteroatoms. The van der Waals surface area contributed by atoms with Crippen LogP contribution in [0.5, 0.6) is 11.6 Å². The van der Waals surface area contributed by atoms with E-state index in [0.717, 1.165) is 18.2 Å². The van der Waals surface area contributed by atoms with Crippen LogP contribution >= 0.6 is 11.6 Å². The first-order chi connectivity index (χ1) is 12.8. The number of pyridine rings is 1. The number of rotatable bonds is 6. The van der Waals surface area contributed by atoms with Gasteiger partial charge in [0, 0.05) is 24.9 Å². The monoisotopic (exact) mass is 410 g/mol. The Bertz CT molecular complexity index is 1060. The van der Waals surface area contributed by atoms with Crippen LogP contribution in [0.2, 0.25) is 5.02 Å². The zero-order valence-electron chi connectivity index (χ0n) is 13.7. The number of nitrogens with one attached hydrogen (secondary N) is 1. The number of aromatic nitrogens is 1. The van der Waals surface area contributed by atoms with Gasteiger partial charge in [0.25, 0.3) is 0 Å². The molecule has 1 aromatic heterocycles. The molecule has 27 heavy (non-hydrogen) atoms. The van der Waals surface area contributed by atoms with Gasteiger partial charge in [-0.25, -0.2) is 26.9 Å². The second-order valence-corrected chi connectivity index (χ2v) is 7.64. The summed E-state index contributed by atoms with van der Waals surface area (Å²) >= 11 is 5.62. The number of ether oxygens (including phenoxy) is 1. The molecule has 0 aliphatic rings. The minimum absolute atomic E-state index is 0.0371. The van der Waals surface area contributed by atoms with Gasteiger partial charge in [0.15, 0.2) is 0 Å². The highest BCUT2D eigenvalue weighted by molar-refractivity contribution is 7.89. The van der Waals surface area contributed by atoms with Crippen molar-refractivity contribution in [3.63, 3.8) is 0 Å². The summed E-state index contributed by atoms with van der Waals surface area (Å²) in [4.78, 5) is 3.91. The summed E-state index contributed by atoms with van der Waals surface area (Å²) < 4.78 is 58.6. The van der Waals surface area contributed by atoms with E-state index in [1.54, 1.807) is 12.1 Å². The van der Waals surface area contributed by atoms with E-state index in [2.05, 4.69) is 9.71 Å². The first kappa shape index (κ1) is 19.2. The standard InChI is InChI=1S/C18H13ClF2N2O3S/c19-16-9-15(5-6-17(16)21)27(24,25)23-11-12-4-7-18(22-10-12)26-14-3-1-2-13(20)8-14/h1-10,23H,11H2. The Morgan fingerprint density at radius 3 is 2.56 bits per heavy atom. The Kier molecular flexibility index (Phi) is 5.69. The van der Waals surface area contributed by atoms with Gasteiger partial charge in [-0.15, -0.1) is 0 Å². The Morgan fingerprint density at radius 2 is 1.89 bits per heavy atom. The maximum Gasteiger partial charge on any atom is 0.240 e. The van der Waals surface area contributed by atoms with E-state index in [1.807, 2.05) is 0 Å². The number of hydrogen-bond donors (Lipinski definition) is 1. The summed E-state index contributed by atoms with van der Waals surface area (Å²) in [5, 5.41) is -0.279. The smallest absolute Gasteiger partial charge is 0.240 e. The van der Waals surface area contributed by atoms with Crippen molar-refractivity contribution in [1.29, 1.82) is 0 Å². The predicted molar refractivity (Wildman–Crippen MR) is 96.1 cm³/mol. The Hall–Kier alpha value is -2.55. The van der Waals surface area contributed by atoms with Crippen molar-refractivity contribution in [2.45, 2.75) is 11.4 Å². The lowest BCUT2D eigenvalue weighted by Crippen LogP contribution is -2.23. The zero-order chi connectivity index (χ0) is 19.4. The summed E-state index contributed by atoms with van der Waals surface area (Å²) in [5.41, 5.74) is 0.568. The van der Waals surface area contributed by atoms with E-state index < -0.39 is 21.7 Å². The average molecular weight is 411 g/mol. The van der Waals surface area contributed by atoms with E-state index in [9.17, 15) is 17.2 Å². The zero-order valence-corrected chi connectivity index (χ0v) is 15.3. The molecule has 0 saturated carbocycles. The summed E-state index contributed by atoms with van der Waals surface area (Å²) in [6.45, 7) is -0.0371. The topological polar surface area (TPSA) is 68.3 Å². The first-order valence-corrected chi connectivity index (χ1v) is 9.53. The Morgan fingerprint density at radius 1 is 1.07 bits per heavy atom. The fourth-order valence-corrected chi connectivity index (χ4v) is 3.42. The largest absolute Gasteiger partial charge is 0.439 e. The van der Waals surface area contributed by atoms with Gasteiger partial charge in [-0.3, -0.25) is 0 Å². The van der Waals surface area contributed by atoms with Crippen LogP contribution in [-0.4, -0.2) is 13.4 Å². The van der Waals surface area contributed by atoms with Crippen molar-refractivity contribution in [1.82, 2.24) is 9.71 Å². The molecule has 0 radical (unpaired) electrons. The molecule has 0 atom stereocenters. The molecule has 3 aromatic rings. The predicted octanol–water partition coefficient (Wildman–Crippen LogP) is 4.28. The van der Waals surface area contributed by atoms with Crippen LogP contribution in [0.25, 0.3) is 0 Å². The average Bonchev–Trinajstić information content (AvgIpc) is 2.63. The maximum absolute atomic E-state index is 13.2. The molecule has 5 nitrogen and oxygen atoms in total. The van der Waals surface area contributed by atoms with E-state index in [-0.39, 0.29) is 22.3 Å². The number of nitrogens with zero attached hydrogens (tertiary/aromatic N) is 1. The lowest BCUT2D eigenvalue weighted by Gasteiger charge is -2.08. The molecule has 0 saturated heterocycles. The maximum atomic E-state index is 13.2. The number of sulfonamides is 1. The van der Waals surface area contributed by atoms with Crippen molar-refractivity contribution in [2.75, 3.05) is 0 Å². The highest BCUT2D eigenvalue weighted by Gasteiger charge is 2.15. The highest BCUT2D eigenvalue weighted by atomic mass is 35.5. The third kappa shape index (κ3) is 5.00. The molecule has 2 aromatic carbocycles. The van der Waals surface area contributed by atoms with Gasteiger partial charge in [-0.2, -0.15) is 0 Å². The molecule has 3 rings (SSSR count). The van der Waals surface area contributed by atoms with Gasteiger partial charge < -0.3 is 4.74 Å². The summed E-state index contributed by atoms with van der Waals surface area (Å²) in [6, 6.07) is 11.9.